The van der Waals surface area contributed by atoms with E-state index in [4.69, 9.17) is 5.73 Å². The first-order valence-electron chi connectivity index (χ1n) is 5.03. The average Bonchev–Trinajstić information content (AvgIpc) is 2.47. The summed E-state index contributed by atoms with van der Waals surface area (Å²) in [5.74, 6) is 3.05. The topological polar surface area (TPSA) is 26.0 Å². The first-order valence-corrected chi connectivity index (χ1v) is 5.03. The second-order valence-corrected chi connectivity index (χ2v) is 5.54. The van der Waals surface area contributed by atoms with Crippen LogP contribution in [-0.2, 0) is 0 Å². The second-order valence-electron chi connectivity index (χ2n) is 5.54. The molecule has 0 radical (unpaired) electrons. The molecule has 1 heteroatoms. The maximum Gasteiger partial charge on any atom is 0.0245 e. The summed E-state index contributed by atoms with van der Waals surface area (Å²) in [7, 11) is 0. The lowest BCUT2D eigenvalue weighted by atomic mass is 9.54. The second kappa shape index (κ2) is 1.19. The molecule has 0 amide bonds. The number of rotatable bonds is 0. The Bertz CT molecular complexity index is 245. The van der Waals surface area contributed by atoms with Crippen LogP contribution in [0.5, 0.6) is 0 Å². The zero-order valence-corrected chi connectivity index (χ0v) is 6.84. The van der Waals surface area contributed by atoms with Crippen molar-refractivity contribution in [3.05, 3.63) is 0 Å². The Kier molecular flexibility index (Phi) is 0.602. The third-order valence-corrected chi connectivity index (χ3v) is 5.51. The van der Waals surface area contributed by atoms with Crippen LogP contribution in [0.25, 0.3) is 0 Å². The quantitative estimate of drug-likeness (QED) is 0.555. The van der Waals surface area contributed by atoms with Crippen LogP contribution >= 0.6 is 0 Å². The molecule has 0 aromatic rings. The van der Waals surface area contributed by atoms with Gasteiger partial charge in [0.25, 0.3) is 0 Å². The predicted octanol–water partition coefficient (Wildman–Crippen LogP) is 1.52. The van der Waals surface area contributed by atoms with Crippen molar-refractivity contribution in [2.24, 2.45) is 28.9 Å². The van der Waals surface area contributed by atoms with E-state index >= 15 is 0 Å². The molecule has 1 nitrogen and oxygen atoms in total. The summed E-state index contributed by atoms with van der Waals surface area (Å²) < 4.78 is 0. The first-order chi connectivity index (χ1) is 5.25. The SMILES string of the molecule is NC12CC3CC4CC1CC42C3. The Morgan fingerprint density at radius 1 is 1.00 bits per heavy atom. The Balaban J connectivity index is 2.00. The van der Waals surface area contributed by atoms with Gasteiger partial charge in [-0.15, -0.1) is 0 Å². The van der Waals surface area contributed by atoms with E-state index in [1.54, 1.807) is 0 Å². The third-order valence-electron chi connectivity index (χ3n) is 5.51. The molecular weight excluding hydrogens is 134 g/mol. The Hall–Kier alpha value is -0.0400. The molecule has 5 saturated carbocycles. The molecule has 5 fully saturated rings. The minimum absolute atomic E-state index is 0.362. The number of hydrogen-bond acceptors (Lipinski definition) is 1. The van der Waals surface area contributed by atoms with Crippen LogP contribution in [0.3, 0.4) is 0 Å². The molecule has 3 bridgehead atoms. The molecular formula is C10H15N. The van der Waals surface area contributed by atoms with Crippen LogP contribution in [0.1, 0.15) is 32.1 Å². The molecule has 60 valence electrons. The van der Waals surface area contributed by atoms with Crippen molar-refractivity contribution in [2.45, 2.75) is 37.6 Å². The average molecular weight is 149 g/mol. The van der Waals surface area contributed by atoms with Crippen molar-refractivity contribution in [1.82, 2.24) is 0 Å². The van der Waals surface area contributed by atoms with E-state index < -0.39 is 0 Å². The number of hydrogen-bond donors (Lipinski definition) is 1. The first kappa shape index (κ1) is 5.58. The van der Waals surface area contributed by atoms with Gasteiger partial charge in [-0.3, -0.25) is 0 Å². The molecule has 0 heterocycles. The van der Waals surface area contributed by atoms with Gasteiger partial charge in [0.1, 0.15) is 0 Å². The molecule has 0 saturated heterocycles. The normalized spacial score (nSPS) is 75.5. The summed E-state index contributed by atoms with van der Waals surface area (Å²) >= 11 is 0. The largest absolute Gasteiger partial charge is 0.324 e. The summed E-state index contributed by atoms with van der Waals surface area (Å²) in [5.41, 5.74) is 7.53. The third kappa shape index (κ3) is 0.327. The lowest BCUT2D eigenvalue weighted by Gasteiger charge is -2.54. The highest BCUT2D eigenvalue weighted by atomic mass is 15.0. The zero-order chi connectivity index (χ0) is 7.27. The maximum atomic E-state index is 6.47. The van der Waals surface area contributed by atoms with Crippen LogP contribution in [0, 0.1) is 23.2 Å². The summed E-state index contributed by atoms with van der Waals surface area (Å²) in [6.45, 7) is 0. The molecule has 0 aromatic heterocycles. The Morgan fingerprint density at radius 2 is 1.91 bits per heavy atom. The highest BCUT2D eigenvalue weighted by molar-refractivity contribution is 5.31. The van der Waals surface area contributed by atoms with Crippen molar-refractivity contribution in [3.63, 3.8) is 0 Å². The summed E-state index contributed by atoms with van der Waals surface area (Å²) in [5, 5.41) is 0. The highest BCUT2D eigenvalue weighted by Gasteiger charge is 2.78. The minimum Gasteiger partial charge on any atom is -0.324 e. The number of nitrogens with two attached hydrogens (primary N) is 1. The van der Waals surface area contributed by atoms with Crippen LogP contribution in [-0.4, -0.2) is 5.54 Å². The van der Waals surface area contributed by atoms with Crippen molar-refractivity contribution in [1.29, 1.82) is 0 Å². The monoisotopic (exact) mass is 149 g/mol. The number of fused-ring (bicyclic) bond motifs is 1. The fraction of sp³-hybridized carbons (Fsp3) is 1.00. The lowest BCUT2D eigenvalue weighted by molar-refractivity contribution is 0.00444. The van der Waals surface area contributed by atoms with Gasteiger partial charge in [0, 0.05) is 5.54 Å². The van der Waals surface area contributed by atoms with Gasteiger partial charge in [0.2, 0.25) is 0 Å². The van der Waals surface area contributed by atoms with E-state index in [2.05, 4.69) is 0 Å². The van der Waals surface area contributed by atoms with Crippen molar-refractivity contribution < 1.29 is 0 Å². The molecule has 5 aliphatic rings. The fourth-order valence-electron chi connectivity index (χ4n) is 5.26. The van der Waals surface area contributed by atoms with E-state index in [1.807, 2.05) is 0 Å². The summed E-state index contributed by atoms with van der Waals surface area (Å²) in [4.78, 5) is 0. The van der Waals surface area contributed by atoms with Gasteiger partial charge in [0.05, 0.1) is 0 Å². The van der Waals surface area contributed by atoms with E-state index in [0.29, 0.717) is 11.0 Å². The molecule has 5 unspecified atom stereocenters. The van der Waals surface area contributed by atoms with Gasteiger partial charge in [-0.05, 0) is 55.3 Å². The van der Waals surface area contributed by atoms with E-state index in [1.165, 1.54) is 32.1 Å². The molecule has 5 atom stereocenters. The van der Waals surface area contributed by atoms with Gasteiger partial charge in [-0.1, -0.05) is 0 Å². The van der Waals surface area contributed by atoms with Crippen molar-refractivity contribution >= 4 is 0 Å². The van der Waals surface area contributed by atoms with Gasteiger partial charge >= 0.3 is 0 Å². The fourth-order valence-corrected chi connectivity index (χ4v) is 5.26. The van der Waals surface area contributed by atoms with Crippen LogP contribution in [0.15, 0.2) is 0 Å². The van der Waals surface area contributed by atoms with E-state index in [-0.39, 0.29) is 0 Å². The molecule has 0 aliphatic heterocycles. The minimum atomic E-state index is 0.362. The highest BCUT2D eigenvalue weighted by Crippen LogP contribution is 2.80. The molecule has 2 N–H and O–H groups in total. The van der Waals surface area contributed by atoms with Gasteiger partial charge in [-0.2, -0.15) is 0 Å². The molecule has 5 rings (SSSR count). The van der Waals surface area contributed by atoms with Gasteiger partial charge < -0.3 is 5.73 Å². The van der Waals surface area contributed by atoms with Crippen LogP contribution < -0.4 is 5.73 Å². The molecule has 0 aromatic carbocycles. The Morgan fingerprint density at radius 3 is 2.64 bits per heavy atom. The van der Waals surface area contributed by atoms with Crippen LogP contribution in [0.2, 0.25) is 0 Å². The zero-order valence-electron chi connectivity index (χ0n) is 6.84. The smallest absolute Gasteiger partial charge is 0.0245 e. The standard InChI is InChI=1S/C10H15N/c11-10-4-6-1-7-2-8(10)5-9(7,10)3-6/h6-8H,1-5,11H2. The maximum absolute atomic E-state index is 6.47. The Labute approximate surface area is 67.3 Å². The molecule has 1 spiro atoms. The lowest BCUT2D eigenvalue weighted by Crippen LogP contribution is -2.63. The summed E-state index contributed by atoms with van der Waals surface area (Å²) in [6.07, 6.45) is 7.42. The van der Waals surface area contributed by atoms with Crippen LogP contribution in [0.4, 0.5) is 0 Å². The van der Waals surface area contributed by atoms with Crippen molar-refractivity contribution in [2.75, 3.05) is 0 Å². The van der Waals surface area contributed by atoms with E-state index in [9.17, 15) is 0 Å². The molecule has 5 aliphatic carbocycles. The van der Waals surface area contributed by atoms with Crippen molar-refractivity contribution in [3.8, 4) is 0 Å². The van der Waals surface area contributed by atoms with Gasteiger partial charge in [0.15, 0.2) is 0 Å². The molecule has 11 heavy (non-hydrogen) atoms. The predicted molar refractivity (Wildman–Crippen MR) is 42.9 cm³/mol. The summed E-state index contributed by atoms with van der Waals surface area (Å²) in [6, 6.07) is 0. The van der Waals surface area contributed by atoms with E-state index in [0.717, 1.165) is 17.8 Å². The van der Waals surface area contributed by atoms with Gasteiger partial charge in [-0.25, -0.2) is 0 Å².